The normalized spacial score (nSPS) is 11.4. The van der Waals surface area contributed by atoms with Crippen LogP contribution in [0, 0.1) is 0 Å². The smallest absolute Gasteiger partial charge is 0.178 e. The second-order valence-electron chi connectivity index (χ2n) is 8.64. The molecule has 2 heterocycles. The van der Waals surface area contributed by atoms with Crippen molar-refractivity contribution in [1.82, 2.24) is 8.75 Å². The number of benzene rings is 1. The van der Waals surface area contributed by atoms with Crippen LogP contribution in [0.2, 0.25) is 0 Å². The number of nitrogens with zero attached hydrogens (tertiary/aromatic N) is 2. The van der Waals surface area contributed by atoms with Gasteiger partial charge in [-0.1, -0.05) is 78.1 Å². The molecule has 0 spiro atoms. The minimum atomic E-state index is 0.675. The van der Waals surface area contributed by atoms with E-state index in [4.69, 9.17) is 9.47 Å². The van der Waals surface area contributed by atoms with Gasteiger partial charge in [-0.3, -0.25) is 0 Å². The number of fused-ring (bicyclic) bond motifs is 1. The van der Waals surface area contributed by atoms with Crippen molar-refractivity contribution in [3.63, 3.8) is 0 Å². The van der Waals surface area contributed by atoms with Crippen LogP contribution in [-0.4, -0.2) is 22.0 Å². The van der Waals surface area contributed by atoms with Gasteiger partial charge in [0.15, 0.2) is 11.5 Å². The zero-order chi connectivity index (χ0) is 24.2. The van der Waals surface area contributed by atoms with E-state index in [1.165, 1.54) is 75.9 Å². The summed E-state index contributed by atoms with van der Waals surface area (Å²) >= 11 is 10.3. The molecule has 1 aromatic carbocycles. The van der Waals surface area contributed by atoms with Gasteiger partial charge in [0.2, 0.25) is 0 Å². The Morgan fingerprint density at radius 2 is 1.26 bits per heavy atom. The van der Waals surface area contributed by atoms with Crippen molar-refractivity contribution in [2.24, 2.45) is 0 Å². The zero-order valence-electron chi connectivity index (χ0n) is 20.3. The molecule has 0 atom stereocenters. The maximum atomic E-state index is 6.48. The first-order valence-corrected chi connectivity index (χ1v) is 15.8. The predicted octanol–water partition coefficient (Wildman–Crippen LogP) is 10.4. The zero-order valence-corrected chi connectivity index (χ0v) is 25.1. The lowest BCUT2D eigenvalue weighted by Gasteiger charge is -2.18. The van der Waals surface area contributed by atoms with Crippen LogP contribution in [0.5, 0.6) is 11.5 Å². The molecule has 4 nitrogen and oxygen atoms in total. The molecular weight excluding hydrogens is 596 g/mol. The Morgan fingerprint density at radius 1 is 0.706 bits per heavy atom. The topological polar surface area (TPSA) is 44.2 Å². The Labute approximate surface area is 229 Å². The lowest BCUT2D eigenvalue weighted by atomic mass is 10.1. The summed E-state index contributed by atoms with van der Waals surface area (Å²) in [7, 11) is 0. The van der Waals surface area contributed by atoms with Crippen LogP contribution < -0.4 is 9.47 Å². The van der Waals surface area contributed by atoms with Crippen molar-refractivity contribution in [1.29, 1.82) is 0 Å². The van der Waals surface area contributed by atoms with Gasteiger partial charge in [0, 0.05) is 4.88 Å². The second kappa shape index (κ2) is 15.4. The van der Waals surface area contributed by atoms with Crippen LogP contribution in [0.15, 0.2) is 20.4 Å². The highest BCUT2D eigenvalue weighted by molar-refractivity contribution is 9.11. The second-order valence-corrected chi connectivity index (χ2v) is 12.4. The average molecular weight is 633 g/mol. The van der Waals surface area contributed by atoms with E-state index >= 15 is 0 Å². The third kappa shape index (κ3) is 7.90. The fraction of sp³-hybridized carbons (Fsp3) is 0.615. The maximum Gasteiger partial charge on any atom is 0.178 e. The summed E-state index contributed by atoms with van der Waals surface area (Å²) in [6.45, 7) is 5.85. The fourth-order valence-electron chi connectivity index (χ4n) is 3.98. The van der Waals surface area contributed by atoms with Crippen LogP contribution in [0.1, 0.15) is 90.9 Å². The van der Waals surface area contributed by atoms with Crippen molar-refractivity contribution in [2.75, 3.05) is 13.2 Å². The van der Waals surface area contributed by atoms with Crippen molar-refractivity contribution in [3.8, 4) is 21.9 Å². The first-order chi connectivity index (χ1) is 16.7. The number of thiophene rings is 1. The Hall–Kier alpha value is -0.700. The van der Waals surface area contributed by atoms with E-state index in [-0.39, 0.29) is 0 Å². The fourth-order valence-corrected chi connectivity index (χ4v) is 6.66. The highest BCUT2D eigenvalue weighted by Crippen LogP contribution is 2.50. The van der Waals surface area contributed by atoms with Gasteiger partial charge in [0.1, 0.15) is 11.0 Å². The van der Waals surface area contributed by atoms with E-state index in [1.54, 1.807) is 11.3 Å². The molecule has 2 aromatic heterocycles. The van der Waals surface area contributed by atoms with E-state index in [2.05, 4.69) is 66.6 Å². The van der Waals surface area contributed by atoms with Gasteiger partial charge < -0.3 is 9.47 Å². The monoisotopic (exact) mass is 630 g/mol. The van der Waals surface area contributed by atoms with Gasteiger partial charge in [-0.15, -0.1) is 11.3 Å². The minimum absolute atomic E-state index is 0.675. The molecule has 3 aromatic rings. The summed E-state index contributed by atoms with van der Waals surface area (Å²) in [4.78, 5) is 1.11. The number of hydrogen-bond donors (Lipinski definition) is 0. The van der Waals surface area contributed by atoms with E-state index in [1.807, 2.05) is 0 Å². The number of unbranched alkanes of at least 4 members (excludes halogenated alkanes) is 10. The number of halogens is 2. The van der Waals surface area contributed by atoms with Crippen LogP contribution in [0.3, 0.4) is 0 Å². The molecule has 0 bridgehead atoms. The molecular formula is C26H36Br2N2O2S2. The van der Waals surface area contributed by atoms with Gasteiger partial charge in [-0.2, -0.15) is 8.75 Å². The SMILES string of the molecule is CCCCCCCCOc1c(OCCCCCCCC)c(-c2ccc(Br)s2)c2nsnc2c1Br. The molecule has 0 aliphatic rings. The molecule has 0 unspecified atom stereocenters. The van der Waals surface area contributed by atoms with Gasteiger partial charge in [0.25, 0.3) is 0 Å². The van der Waals surface area contributed by atoms with Gasteiger partial charge in [-0.05, 0) is 56.8 Å². The summed E-state index contributed by atoms with van der Waals surface area (Å²) in [5, 5.41) is 0. The molecule has 34 heavy (non-hydrogen) atoms. The molecule has 0 amide bonds. The summed E-state index contributed by atoms with van der Waals surface area (Å²) in [5.74, 6) is 1.56. The number of ether oxygens (including phenoxy) is 2. The quantitative estimate of drug-likeness (QED) is 0.139. The van der Waals surface area contributed by atoms with Gasteiger partial charge in [-0.25, -0.2) is 0 Å². The molecule has 0 N–H and O–H groups in total. The van der Waals surface area contributed by atoms with Gasteiger partial charge in [0.05, 0.1) is 38.8 Å². The van der Waals surface area contributed by atoms with Crippen molar-refractivity contribution < 1.29 is 9.47 Å². The highest BCUT2D eigenvalue weighted by atomic mass is 79.9. The van der Waals surface area contributed by atoms with Crippen LogP contribution in [-0.2, 0) is 0 Å². The molecule has 3 rings (SSSR count). The standard InChI is InChI=1S/C26H36Br2N2O2S2/c1-3-5-7-9-11-13-17-31-25-21(19-15-16-20(27)33-19)23-24(30-34-29-23)22(28)26(25)32-18-14-12-10-8-6-4-2/h15-16H,3-14,17-18H2,1-2H3. The molecule has 8 heteroatoms. The van der Waals surface area contributed by atoms with Gasteiger partial charge >= 0.3 is 0 Å². The van der Waals surface area contributed by atoms with Crippen molar-refractivity contribution in [3.05, 3.63) is 20.4 Å². The summed E-state index contributed by atoms with van der Waals surface area (Å²) in [5.41, 5.74) is 2.71. The number of hydrogen-bond acceptors (Lipinski definition) is 6. The number of aromatic nitrogens is 2. The van der Waals surface area contributed by atoms with Crippen LogP contribution >= 0.6 is 54.9 Å². The Bertz CT molecular complexity index is 1010. The molecule has 0 radical (unpaired) electrons. The molecule has 0 saturated carbocycles. The maximum absolute atomic E-state index is 6.48. The van der Waals surface area contributed by atoms with Crippen molar-refractivity contribution in [2.45, 2.75) is 90.9 Å². The van der Waals surface area contributed by atoms with E-state index in [0.29, 0.717) is 13.2 Å². The third-order valence-corrected chi connectivity index (χ3v) is 8.78. The summed E-state index contributed by atoms with van der Waals surface area (Å²) in [6.07, 6.45) is 14.8. The Kier molecular flexibility index (Phi) is 12.6. The van der Waals surface area contributed by atoms with E-state index in [9.17, 15) is 0 Å². The summed E-state index contributed by atoms with van der Waals surface area (Å²) in [6, 6.07) is 4.19. The molecule has 0 aliphatic heterocycles. The lowest BCUT2D eigenvalue weighted by Crippen LogP contribution is -2.05. The minimum Gasteiger partial charge on any atom is -0.489 e. The first kappa shape index (κ1) is 27.9. The van der Waals surface area contributed by atoms with E-state index < -0.39 is 0 Å². The number of rotatable bonds is 17. The lowest BCUT2D eigenvalue weighted by molar-refractivity contribution is 0.258. The van der Waals surface area contributed by atoms with Crippen LogP contribution in [0.4, 0.5) is 0 Å². The van der Waals surface area contributed by atoms with E-state index in [0.717, 1.165) is 54.1 Å². The molecule has 188 valence electrons. The molecule has 0 fully saturated rings. The van der Waals surface area contributed by atoms with Crippen molar-refractivity contribution >= 4 is 66.0 Å². The third-order valence-electron chi connectivity index (χ3n) is 5.87. The largest absolute Gasteiger partial charge is 0.489 e. The highest BCUT2D eigenvalue weighted by Gasteiger charge is 2.26. The molecule has 0 aliphatic carbocycles. The first-order valence-electron chi connectivity index (χ1n) is 12.7. The predicted molar refractivity (Wildman–Crippen MR) is 154 cm³/mol. The molecule has 0 saturated heterocycles. The Balaban J connectivity index is 1.80. The van der Waals surface area contributed by atoms with Crippen LogP contribution in [0.25, 0.3) is 21.5 Å². The Morgan fingerprint density at radius 3 is 1.85 bits per heavy atom. The average Bonchev–Trinajstić information content (AvgIpc) is 3.49. The summed E-state index contributed by atoms with van der Waals surface area (Å²) < 4.78 is 24.0.